The molecule has 1 aromatic heterocycles. The topological polar surface area (TPSA) is 61.4 Å². The maximum atomic E-state index is 12.1. The first-order chi connectivity index (χ1) is 11.5. The molecule has 2 amide bonds. The Hall–Kier alpha value is -2.34. The van der Waals surface area contributed by atoms with Crippen molar-refractivity contribution in [2.45, 2.75) is 32.9 Å². The average Bonchev–Trinajstić information content (AvgIpc) is 3.02. The first-order valence-electron chi connectivity index (χ1n) is 8.05. The van der Waals surface area contributed by atoms with E-state index < -0.39 is 11.8 Å². The van der Waals surface area contributed by atoms with Gasteiger partial charge in [-0.25, -0.2) is 0 Å². The molecule has 0 saturated carbocycles. The molecular weight excluding hydrogens is 322 g/mol. The van der Waals surface area contributed by atoms with Crippen molar-refractivity contribution in [3.63, 3.8) is 0 Å². The summed E-state index contributed by atoms with van der Waals surface area (Å²) < 4.78 is 0. The van der Waals surface area contributed by atoms with Crippen molar-refractivity contribution in [2.75, 3.05) is 16.8 Å². The van der Waals surface area contributed by atoms with Crippen LogP contribution in [0.5, 0.6) is 0 Å². The number of anilines is 2. The van der Waals surface area contributed by atoms with Gasteiger partial charge in [-0.05, 0) is 49.4 Å². The van der Waals surface area contributed by atoms with E-state index in [-0.39, 0.29) is 6.04 Å². The molecule has 0 atom stereocenters. The Kier molecular flexibility index (Phi) is 4.85. The number of hydrogen-bond donors (Lipinski definition) is 2. The van der Waals surface area contributed by atoms with E-state index in [2.05, 4.69) is 27.0 Å². The Morgan fingerprint density at radius 3 is 2.75 bits per heavy atom. The Balaban J connectivity index is 1.77. The third-order valence-electron chi connectivity index (χ3n) is 3.93. The zero-order chi connectivity index (χ0) is 17.1. The Morgan fingerprint density at radius 1 is 1.17 bits per heavy atom. The molecule has 1 aliphatic rings. The minimum Gasteiger partial charge on any atom is -0.365 e. The van der Waals surface area contributed by atoms with Crippen molar-refractivity contribution < 1.29 is 9.59 Å². The molecule has 0 unspecified atom stereocenters. The second kappa shape index (κ2) is 7.05. The van der Waals surface area contributed by atoms with Crippen molar-refractivity contribution >= 4 is 34.5 Å². The van der Waals surface area contributed by atoms with Gasteiger partial charge in [0, 0.05) is 24.0 Å². The minimum atomic E-state index is -0.635. The molecule has 1 aliphatic heterocycles. The lowest BCUT2D eigenvalue weighted by atomic mass is 10.1. The SMILES string of the molecule is CC(C)NC(=O)C(=O)Nc1ccccc1N1CCc2sccc2C1. The molecule has 5 nitrogen and oxygen atoms in total. The van der Waals surface area contributed by atoms with Gasteiger partial charge in [0.1, 0.15) is 0 Å². The summed E-state index contributed by atoms with van der Waals surface area (Å²) in [5.74, 6) is -1.25. The summed E-state index contributed by atoms with van der Waals surface area (Å²) in [5, 5.41) is 7.47. The van der Waals surface area contributed by atoms with Crippen LogP contribution in [0.25, 0.3) is 0 Å². The summed E-state index contributed by atoms with van der Waals surface area (Å²) in [6, 6.07) is 9.70. The summed E-state index contributed by atoms with van der Waals surface area (Å²) in [6.07, 6.45) is 1.00. The lowest BCUT2D eigenvalue weighted by Crippen LogP contribution is -2.39. The van der Waals surface area contributed by atoms with Crippen LogP contribution in [-0.4, -0.2) is 24.4 Å². The molecule has 2 heterocycles. The van der Waals surface area contributed by atoms with Gasteiger partial charge in [-0.1, -0.05) is 12.1 Å². The minimum absolute atomic E-state index is 0.0717. The first-order valence-corrected chi connectivity index (χ1v) is 8.93. The number of para-hydroxylation sites is 2. The van der Waals surface area contributed by atoms with Gasteiger partial charge in [0.05, 0.1) is 11.4 Å². The molecule has 1 aromatic carbocycles. The fourth-order valence-electron chi connectivity index (χ4n) is 2.82. The Labute approximate surface area is 145 Å². The Morgan fingerprint density at radius 2 is 1.96 bits per heavy atom. The van der Waals surface area contributed by atoms with Crippen LogP contribution in [0.3, 0.4) is 0 Å². The molecule has 6 heteroatoms. The molecule has 2 N–H and O–H groups in total. The van der Waals surface area contributed by atoms with Gasteiger partial charge in [0.15, 0.2) is 0 Å². The first kappa shape index (κ1) is 16.5. The number of fused-ring (bicyclic) bond motifs is 1. The number of carbonyl (C=O) groups is 2. The number of benzene rings is 1. The Bertz CT molecular complexity index is 754. The largest absolute Gasteiger partial charge is 0.365 e. The van der Waals surface area contributed by atoms with Gasteiger partial charge in [0.25, 0.3) is 0 Å². The second-order valence-corrected chi connectivity index (χ2v) is 7.14. The molecule has 2 aromatic rings. The van der Waals surface area contributed by atoms with E-state index in [0.29, 0.717) is 5.69 Å². The number of rotatable bonds is 3. The number of nitrogens with one attached hydrogen (secondary N) is 2. The summed E-state index contributed by atoms with van der Waals surface area (Å²) in [6.45, 7) is 5.37. The van der Waals surface area contributed by atoms with E-state index in [1.54, 1.807) is 11.3 Å². The summed E-state index contributed by atoms with van der Waals surface area (Å²) in [4.78, 5) is 27.6. The van der Waals surface area contributed by atoms with Crippen molar-refractivity contribution in [3.8, 4) is 0 Å². The molecule has 0 fully saturated rings. The van der Waals surface area contributed by atoms with Crippen molar-refractivity contribution in [2.24, 2.45) is 0 Å². The molecule has 0 radical (unpaired) electrons. The molecule has 24 heavy (non-hydrogen) atoms. The van der Waals surface area contributed by atoms with Gasteiger partial charge >= 0.3 is 11.8 Å². The zero-order valence-electron chi connectivity index (χ0n) is 13.8. The van der Waals surface area contributed by atoms with Crippen LogP contribution in [0.1, 0.15) is 24.3 Å². The van der Waals surface area contributed by atoms with Crippen LogP contribution >= 0.6 is 11.3 Å². The van der Waals surface area contributed by atoms with Gasteiger partial charge in [-0.15, -0.1) is 11.3 Å². The van der Waals surface area contributed by atoms with Crippen LogP contribution in [0, 0.1) is 0 Å². The van der Waals surface area contributed by atoms with Crippen molar-refractivity contribution in [1.82, 2.24) is 5.32 Å². The van der Waals surface area contributed by atoms with Crippen LogP contribution in [-0.2, 0) is 22.6 Å². The monoisotopic (exact) mass is 343 g/mol. The highest BCUT2D eigenvalue weighted by atomic mass is 32.1. The molecule has 3 rings (SSSR count). The highest BCUT2D eigenvalue weighted by Gasteiger charge is 2.21. The average molecular weight is 343 g/mol. The van der Waals surface area contributed by atoms with Crippen LogP contribution in [0.4, 0.5) is 11.4 Å². The standard InChI is InChI=1S/C18H21N3O2S/c1-12(2)19-17(22)18(23)20-14-5-3-4-6-15(14)21-9-7-16-13(11-21)8-10-24-16/h3-6,8,10,12H,7,9,11H2,1-2H3,(H,19,22)(H,20,23). The number of nitrogens with zero attached hydrogens (tertiary/aromatic N) is 1. The number of amides is 2. The predicted octanol–water partition coefficient (Wildman–Crippen LogP) is 2.77. The van der Waals surface area contributed by atoms with E-state index in [1.165, 1.54) is 10.4 Å². The fraction of sp³-hybridized carbons (Fsp3) is 0.333. The lowest BCUT2D eigenvalue weighted by molar-refractivity contribution is -0.136. The lowest BCUT2D eigenvalue weighted by Gasteiger charge is -2.30. The third-order valence-corrected chi connectivity index (χ3v) is 4.95. The summed E-state index contributed by atoms with van der Waals surface area (Å²) >= 11 is 1.80. The molecular formula is C18H21N3O2S. The fourth-order valence-corrected chi connectivity index (χ4v) is 3.71. The molecule has 0 aliphatic carbocycles. The quantitative estimate of drug-likeness (QED) is 0.843. The highest BCUT2D eigenvalue weighted by molar-refractivity contribution is 7.10. The number of hydrogen-bond acceptors (Lipinski definition) is 4. The van der Waals surface area contributed by atoms with E-state index >= 15 is 0 Å². The molecule has 0 saturated heterocycles. The summed E-state index contributed by atoms with van der Waals surface area (Å²) in [7, 11) is 0. The van der Waals surface area contributed by atoms with Gasteiger partial charge in [-0.3, -0.25) is 9.59 Å². The van der Waals surface area contributed by atoms with E-state index in [0.717, 1.165) is 25.2 Å². The van der Waals surface area contributed by atoms with E-state index in [1.807, 2.05) is 38.1 Å². The maximum Gasteiger partial charge on any atom is 0.313 e. The third kappa shape index (κ3) is 3.59. The predicted molar refractivity (Wildman–Crippen MR) is 97.4 cm³/mol. The highest BCUT2D eigenvalue weighted by Crippen LogP contribution is 2.32. The maximum absolute atomic E-state index is 12.1. The number of carbonyl (C=O) groups excluding carboxylic acids is 2. The summed E-state index contributed by atoms with van der Waals surface area (Å²) in [5.41, 5.74) is 2.95. The van der Waals surface area contributed by atoms with Gasteiger partial charge in [-0.2, -0.15) is 0 Å². The van der Waals surface area contributed by atoms with E-state index in [4.69, 9.17) is 0 Å². The zero-order valence-corrected chi connectivity index (χ0v) is 14.7. The van der Waals surface area contributed by atoms with Crippen molar-refractivity contribution in [1.29, 1.82) is 0 Å². The van der Waals surface area contributed by atoms with Gasteiger partial charge in [0.2, 0.25) is 0 Å². The molecule has 0 bridgehead atoms. The van der Waals surface area contributed by atoms with Crippen LogP contribution < -0.4 is 15.5 Å². The van der Waals surface area contributed by atoms with Crippen molar-refractivity contribution in [3.05, 3.63) is 46.2 Å². The molecule has 126 valence electrons. The van der Waals surface area contributed by atoms with E-state index in [9.17, 15) is 9.59 Å². The van der Waals surface area contributed by atoms with Crippen LogP contribution in [0.15, 0.2) is 35.7 Å². The normalized spacial score (nSPS) is 13.5. The molecule has 0 spiro atoms. The smallest absolute Gasteiger partial charge is 0.313 e. The number of thiophene rings is 1. The second-order valence-electron chi connectivity index (χ2n) is 6.14. The van der Waals surface area contributed by atoms with Crippen LogP contribution in [0.2, 0.25) is 0 Å². The van der Waals surface area contributed by atoms with Gasteiger partial charge < -0.3 is 15.5 Å².